The fourth-order valence-corrected chi connectivity index (χ4v) is 2.12. The average molecular weight is 229 g/mol. The Kier molecular flexibility index (Phi) is 3.65. The topological polar surface area (TPSA) is 79.5 Å². The summed E-state index contributed by atoms with van der Waals surface area (Å²) in [7, 11) is 3.80. The second kappa shape index (κ2) is 4.59. The van der Waals surface area contributed by atoms with Gasteiger partial charge in [-0.25, -0.2) is 4.98 Å². The SMILES string of the molecule is Cc1nc(N(C)C)sc1CC(N)C(=O)O. The molecular formula is C9H15N3O2S. The molecule has 0 fully saturated rings. The van der Waals surface area contributed by atoms with E-state index in [1.807, 2.05) is 25.9 Å². The van der Waals surface area contributed by atoms with Crippen molar-refractivity contribution >= 4 is 22.4 Å². The molecule has 0 aliphatic carbocycles. The summed E-state index contributed by atoms with van der Waals surface area (Å²) in [5, 5.41) is 9.57. The number of carboxylic acid groups (broad SMARTS) is 1. The van der Waals surface area contributed by atoms with Crippen molar-refractivity contribution in [1.82, 2.24) is 4.98 Å². The molecule has 0 bridgehead atoms. The molecule has 0 spiro atoms. The quantitative estimate of drug-likeness (QED) is 0.784. The Morgan fingerprint density at radius 1 is 1.67 bits per heavy atom. The zero-order valence-corrected chi connectivity index (χ0v) is 9.84. The Bertz CT molecular complexity index is 362. The fraction of sp³-hybridized carbons (Fsp3) is 0.556. The summed E-state index contributed by atoms with van der Waals surface area (Å²) in [4.78, 5) is 17.8. The molecule has 0 saturated heterocycles. The number of aryl methyl sites for hydroxylation is 1. The van der Waals surface area contributed by atoms with E-state index < -0.39 is 12.0 Å². The summed E-state index contributed by atoms with van der Waals surface area (Å²) in [6, 6.07) is -0.848. The summed E-state index contributed by atoms with van der Waals surface area (Å²) in [5.41, 5.74) is 6.33. The van der Waals surface area contributed by atoms with E-state index in [0.29, 0.717) is 6.42 Å². The number of aliphatic carboxylic acids is 1. The lowest BCUT2D eigenvalue weighted by molar-refractivity contribution is -0.138. The second-order valence-electron chi connectivity index (χ2n) is 3.55. The number of aromatic nitrogens is 1. The lowest BCUT2D eigenvalue weighted by atomic mass is 10.2. The Morgan fingerprint density at radius 3 is 2.67 bits per heavy atom. The van der Waals surface area contributed by atoms with E-state index in [4.69, 9.17) is 10.8 Å². The van der Waals surface area contributed by atoms with E-state index >= 15 is 0 Å². The molecule has 1 aromatic rings. The van der Waals surface area contributed by atoms with Crippen LogP contribution in [0.2, 0.25) is 0 Å². The molecule has 1 heterocycles. The maximum atomic E-state index is 10.6. The molecule has 5 nitrogen and oxygen atoms in total. The summed E-state index contributed by atoms with van der Waals surface area (Å²) in [6.45, 7) is 1.87. The average Bonchev–Trinajstić information content (AvgIpc) is 2.47. The highest BCUT2D eigenvalue weighted by atomic mass is 32.1. The molecule has 0 aliphatic heterocycles. The lowest BCUT2D eigenvalue weighted by Crippen LogP contribution is -2.32. The van der Waals surface area contributed by atoms with Gasteiger partial charge in [0.25, 0.3) is 0 Å². The molecule has 84 valence electrons. The van der Waals surface area contributed by atoms with Crippen molar-refractivity contribution in [3.63, 3.8) is 0 Å². The number of hydrogen-bond donors (Lipinski definition) is 2. The van der Waals surface area contributed by atoms with Crippen LogP contribution in [-0.4, -0.2) is 36.2 Å². The normalized spacial score (nSPS) is 12.5. The summed E-state index contributed by atoms with van der Waals surface area (Å²) in [5.74, 6) is -0.978. The molecule has 0 amide bonds. The number of nitrogens with two attached hydrogens (primary N) is 1. The zero-order valence-electron chi connectivity index (χ0n) is 9.02. The van der Waals surface area contributed by atoms with E-state index in [-0.39, 0.29) is 0 Å². The minimum Gasteiger partial charge on any atom is -0.480 e. The number of nitrogens with zero attached hydrogens (tertiary/aromatic N) is 2. The van der Waals surface area contributed by atoms with Gasteiger partial charge < -0.3 is 15.7 Å². The van der Waals surface area contributed by atoms with E-state index in [1.165, 1.54) is 11.3 Å². The Morgan fingerprint density at radius 2 is 2.27 bits per heavy atom. The Balaban J connectivity index is 2.81. The van der Waals surface area contributed by atoms with Gasteiger partial charge in [-0.1, -0.05) is 0 Å². The van der Waals surface area contributed by atoms with Crippen molar-refractivity contribution in [3.8, 4) is 0 Å². The smallest absolute Gasteiger partial charge is 0.320 e. The van der Waals surface area contributed by atoms with Gasteiger partial charge in [-0.2, -0.15) is 0 Å². The molecule has 1 atom stereocenters. The minimum atomic E-state index is -0.978. The van der Waals surface area contributed by atoms with Gasteiger partial charge in [-0.3, -0.25) is 4.79 Å². The predicted molar refractivity (Wildman–Crippen MR) is 60.5 cm³/mol. The van der Waals surface area contributed by atoms with Gasteiger partial charge in [-0.15, -0.1) is 11.3 Å². The van der Waals surface area contributed by atoms with Crippen LogP contribution in [0.15, 0.2) is 0 Å². The number of rotatable bonds is 4. The Hall–Kier alpha value is -1.14. The van der Waals surface area contributed by atoms with Gasteiger partial charge in [0.15, 0.2) is 5.13 Å². The summed E-state index contributed by atoms with van der Waals surface area (Å²) in [6.07, 6.45) is 0.340. The molecule has 0 radical (unpaired) electrons. The highest BCUT2D eigenvalue weighted by Crippen LogP contribution is 2.25. The number of carboxylic acids is 1. The van der Waals surface area contributed by atoms with E-state index in [1.54, 1.807) is 0 Å². The van der Waals surface area contributed by atoms with Crippen LogP contribution < -0.4 is 10.6 Å². The van der Waals surface area contributed by atoms with Crippen LogP contribution in [0.25, 0.3) is 0 Å². The van der Waals surface area contributed by atoms with Gasteiger partial charge in [0.1, 0.15) is 6.04 Å². The van der Waals surface area contributed by atoms with Crippen LogP contribution >= 0.6 is 11.3 Å². The second-order valence-corrected chi connectivity index (χ2v) is 4.61. The monoisotopic (exact) mass is 229 g/mol. The van der Waals surface area contributed by atoms with E-state index in [2.05, 4.69) is 4.98 Å². The molecule has 1 aromatic heterocycles. The first-order chi connectivity index (χ1) is 6.91. The van der Waals surface area contributed by atoms with Gasteiger partial charge in [0.2, 0.25) is 0 Å². The lowest BCUT2D eigenvalue weighted by Gasteiger charge is -2.05. The molecule has 6 heteroatoms. The van der Waals surface area contributed by atoms with Crippen LogP contribution in [0.4, 0.5) is 5.13 Å². The van der Waals surface area contributed by atoms with Crippen molar-refractivity contribution in [2.45, 2.75) is 19.4 Å². The first-order valence-electron chi connectivity index (χ1n) is 4.54. The number of hydrogen-bond acceptors (Lipinski definition) is 5. The summed E-state index contributed by atoms with van der Waals surface area (Å²) >= 11 is 1.48. The molecule has 0 saturated carbocycles. The third kappa shape index (κ3) is 2.90. The molecule has 0 aliphatic rings. The minimum absolute atomic E-state index is 0.340. The van der Waals surface area contributed by atoms with Gasteiger partial charge >= 0.3 is 5.97 Å². The van der Waals surface area contributed by atoms with Crippen molar-refractivity contribution in [3.05, 3.63) is 10.6 Å². The Labute approximate surface area is 92.5 Å². The predicted octanol–water partition coefficient (Wildman–Crippen LogP) is 0.472. The third-order valence-electron chi connectivity index (χ3n) is 1.99. The van der Waals surface area contributed by atoms with Crippen LogP contribution in [-0.2, 0) is 11.2 Å². The first kappa shape index (κ1) is 11.9. The van der Waals surface area contributed by atoms with Crippen LogP contribution in [0, 0.1) is 6.92 Å². The first-order valence-corrected chi connectivity index (χ1v) is 5.35. The molecule has 1 unspecified atom stereocenters. The van der Waals surface area contributed by atoms with Crippen molar-refractivity contribution in [2.24, 2.45) is 5.73 Å². The van der Waals surface area contributed by atoms with E-state index in [9.17, 15) is 4.79 Å². The van der Waals surface area contributed by atoms with Crippen molar-refractivity contribution < 1.29 is 9.90 Å². The summed E-state index contributed by atoms with van der Waals surface area (Å²) < 4.78 is 0. The largest absolute Gasteiger partial charge is 0.480 e. The van der Waals surface area contributed by atoms with Crippen molar-refractivity contribution in [1.29, 1.82) is 0 Å². The molecule has 3 N–H and O–H groups in total. The number of anilines is 1. The highest BCUT2D eigenvalue weighted by molar-refractivity contribution is 7.15. The van der Waals surface area contributed by atoms with Crippen LogP contribution in [0.3, 0.4) is 0 Å². The zero-order chi connectivity index (χ0) is 11.6. The number of carbonyl (C=O) groups is 1. The maximum absolute atomic E-state index is 10.6. The van der Waals surface area contributed by atoms with Crippen LogP contribution in [0.5, 0.6) is 0 Å². The van der Waals surface area contributed by atoms with Crippen LogP contribution in [0.1, 0.15) is 10.6 Å². The highest BCUT2D eigenvalue weighted by Gasteiger charge is 2.17. The van der Waals surface area contributed by atoms with Gasteiger partial charge in [0, 0.05) is 25.4 Å². The fourth-order valence-electron chi connectivity index (χ4n) is 1.08. The van der Waals surface area contributed by atoms with Gasteiger partial charge in [0.05, 0.1) is 5.69 Å². The standard InChI is InChI=1S/C9H15N3O2S/c1-5-7(4-6(10)8(13)14)15-9(11-5)12(2)3/h6H,4,10H2,1-3H3,(H,13,14). The molecule has 1 rings (SSSR count). The number of thiazole rings is 1. The van der Waals surface area contributed by atoms with Crippen molar-refractivity contribution in [2.75, 3.05) is 19.0 Å². The maximum Gasteiger partial charge on any atom is 0.320 e. The third-order valence-corrected chi connectivity index (χ3v) is 3.33. The van der Waals surface area contributed by atoms with E-state index in [0.717, 1.165) is 15.7 Å². The molecular weight excluding hydrogens is 214 g/mol. The molecule has 15 heavy (non-hydrogen) atoms. The van der Waals surface area contributed by atoms with Gasteiger partial charge in [-0.05, 0) is 6.92 Å². The molecule has 0 aromatic carbocycles.